The summed E-state index contributed by atoms with van der Waals surface area (Å²) in [6.45, 7) is 3.87. The first kappa shape index (κ1) is 17.0. The molecule has 0 spiro atoms. The Balaban J connectivity index is 2.43. The Kier molecular flexibility index (Phi) is 6.17. The normalized spacial score (nSPS) is 12.5. The molecular formula is C15H23N3O3. The van der Waals surface area contributed by atoms with E-state index in [1.807, 2.05) is 30.3 Å². The zero-order valence-corrected chi connectivity index (χ0v) is 12.7. The van der Waals surface area contributed by atoms with Crippen LogP contribution in [0.25, 0.3) is 0 Å². The van der Waals surface area contributed by atoms with Gasteiger partial charge in [0.1, 0.15) is 0 Å². The zero-order chi connectivity index (χ0) is 15.9. The van der Waals surface area contributed by atoms with Crippen LogP contribution in [0.4, 0.5) is 4.79 Å². The van der Waals surface area contributed by atoms with Gasteiger partial charge in [-0.05, 0) is 19.4 Å². The summed E-state index contributed by atoms with van der Waals surface area (Å²) in [4.78, 5) is 22.9. The molecule has 1 rings (SSSR count). The molecule has 0 radical (unpaired) electrons. The van der Waals surface area contributed by atoms with Crippen molar-refractivity contribution in [3.05, 3.63) is 35.9 Å². The Morgan fingerprint density at radius 1 is 1.24 bits per heavy atom. The summed E-state index contributed by atoms with van der Waals surface area (Å²) in [7, 11) is 1.59. The lowest BCUT2D eigenvalue weighted by Gasteiger charge is -2.21. The van der Waals surface area contributed by atoms with E-state index in [0.717, 1.165) is 5.56 Å². The lowest BCUT2D eigenvalue weighted by Crippen LogP contribution is -2.46. The number of hydrogen-bond acceptors (Lipinski definition) is 3. The summed E-state index contributed by atoms with van der Waals surface area (Å²) in [5.41, 5.74) is 5.45. The molecule has 0 heterocycles. The van der Waals surface area contributed by atoms with Crippen LogP contribution in [-0.4, -0.2) is 32.1 Å². The number of methoxy groups -OCH3 is 1. The molecule has 4 N–H and O–H groups in total. The van der Waals surface area contributed by atoms with E-state index < -0.39 is 11.3 Å². The Labute approximate surface area is 125 Å². The van der Waals surface area contributed by atoms with Crippen LogP contribution in [0.5, 0.6) is 0 Å². The fourth-order valence-electron chi connectivity index (χ4n) is 1.64. The maximum Gasteiger partial charge on any atom is 0.314 e. The highest BCUT2D eigenvalue weighted by atomic mass is 16.5. The quantitative estimate of drug-likeness (QED) is 0.705. The zero-order valence-electron chi connectivity index (χ0n) is 12.7. The first-order chi connectivity index (χ1) is 9.86. The van der Waals surface area contributed by atoms with Crippen LogP contribution in [0.15, 0.2) is 30.3 Å². The van der Waals surface area contributed by atoms with Gasteiger partial charge in [0.05, 0.1) is 11.5 Å². The molecule has 1 aromatic rings. The predicted octanol–water partition coefficient (Wildman–Crippen LogP) is 1.18. The van der Waals surface area contributed by atoms with Gasteiger partial charge < -0.3 is 21.1 Å². The minimum absolute atomic E-state index is 0.178. The van der Waals surface area contributed by atoms with E-state index in [1.165, 1.54) is 0 Å². The number of rotatable bonds is 7. The molecule has 116 valence electrons. The molecule has 0 unspecified atom stereocenters. The Morgan fingerprint density at radius 2 is 1.86 bits per heavy atom. The molecule has 0 aliphatic heterocycles. The van der Waals surface area contributed by atoms with Crippen LogP contribution in [0.1, 0.15) is 25.5 Å². The summed E-state index contributed by atoms with van der Waals surface area (Å²) in [6.07, 6.45) is -0.221. The molecule has 6 nitrogen and oxygen atoms in total. The molecular weight excluding hydrogens is 270 g/mol. The number of carbonyl (C=O) groups is 2. The number of urea groups is 1. The second-order valence-electron chi connectivity index (χ2n) is 5.45. The van der Waals surface area contributed by atoms with E-state index in [0.29, 0.717) is 6.54 Å². The summed E-state index contributed by atoms with van der Waals surface area (Å²) in [5, 5.41) is 5.35. The minimum Gasteiger partial charge on any atom is -0.375 e. The van der Waals surface area contributed by atoms with Gasteiger partial charge in [-0.25, -0.2) is 4.79 Å². The summed E-state index contributed by atoms with van der Waals surface area (Å²) in [6, 6.07) is 9.26. The topological polar surface area (TPSA) is 93.4 Å². The monoisotopic (exact) mass is 293 g/mol. The van der Waals surface area contributed by atoms with Crippen molar-refractivity contribution in [1.29, 1.82) is 0 Å². The second kappa shape index (κ2) is 7.64. The SMILES string of the molecule is CO[C@@H](CNC(=O)NCC(C)(C)C(N)=O)c1ccccc1. The van der Waals surface area contributed by atoms with Gasteiger partial charge in [-0.15, -0.1) is 0 Å². The highest BCUT2D eigenvalue weighted by molar-refractivity contribution is 5.81. The number of carbonyl (C=O) groups excluding carboxylic acids is 2. The Bertz CT molecular complexity index is 474. The van der Waals surface area contributed by atoms with Crippen LogP contribution >= 0.6 is 0 Å². The van der Waals surface area contributed by atoms with Crippen molar-refractivity contribution in [1.82, 2.24) is 10.6 Å². The van der Waals surface area contributed by atoms with Gasteiger partial charge in [0.25, 0.3) is 0 Å². The molecule has 0 saturated carbocycles. The van der Waals surface area contributed by atoms with Crippen molar-refractivity contribution in [2.24, 2.45) is 11.1 Å². The number of ether oxygens (including phenoxy) is 1. The first-order valence-electron chi connectivity index (χ1n) is 6.76. The number of primary amides is 1. The molecule has 0 aliphatic rings. The standard InChI is InChI=1S/C15H23N3O3/c1-15(2,13(16)19)10-18-14(20)17-9-12(21-3)11-7-5-4-6-8-11/h4-8,12H,9-10H2,1-3H3,(H2,16,19)(H2,17,18,20)/t12-/m0/s1. The largest absolute Gasteiger partial charge is 0.375 e. The highest BCUT2D eigenvalue weighted by Crippen LogP contribution is 2.15. The van der Waals surface area contributed by atoms with Gasteiger partial charge in [-0.1, -0.05) is 30.3 Å². The van der Waals surface area contributed by atoms with Crippen LogP contribution in [-0.2, 0) is 9.53 Å². The Morgan fingerprint density at radius 3 is 2.38 bits per heavy atom. The fourth-order valence-corrected chi connectivity index (χ4v) is 1.64. The van der Waals surface area contributed by atoms with Crippen molar-refractivity contribution >= 4 is 11.9 Å². The maximum atomic E-state index is 11.7. The van der Waals surface area contributed by atoms with Crippen LogP contribution in [0.2, 0.25) is 0 Å². The number of amides is 3. The molecule has 1 aromatic carbocycles. The van der Waals surface area contributed by atoms with E-state index in [-0.39, 0.29) is 18.7 Å². The average molecular weight is 293 g/mol. The third-order valence-electron chi connectivity index (χ3n) is 3.26. The number of benzene rings is 1. The van der Waals surface area contributed by atoms with Crippen LogP contribution < -0.4 is 16.4 Å². The maximum absolute atomic E-state index is 11.7. The molecule has 0 saturated heterocycles. The summed E-state index contributed by atoms with van der Waals surface area (Å²) in [5.74, 6) is -0.457. The first-order valence-corrected chi connectivity index (χ1v) is 6.76. The van der Waals surface area contributed by atoms with E-state index in [1.54, 1.807) is 21.0 Å². The number of nitrogens with one attached hydrogen (secondary N) is 2. The molecule has 6 heteroatoms. The van der Waals surface area contributed by atoms with Gasteiger partial charge in [-0.3, -0.25) is 4.79 Å². The average Bonchev–Trinajstić information content (AvgIpc) is 2.47. The molecule has 3 amide bonds. The van der Waals surface area contributed by atoms with Gasteiger partial charge in [-0.2, -0.15) is 0 Å². The third kappa shape index (κ3) is 5.43. The number of hydrogen-bond donors (Lipinski definition) is 3. The van der Waals surface area contributed by atoms with Gasteiger partial charge >= 0.3 is 6.03 Å². The van der Waals surface area contributed by atoms with E-state index in [4.69, 9.17) is 10.5 Å². The van der Waals surface area contributed by atoms with Gasteiger partial charge in [0.2, 0.25) is 5.91 Å². The number of nitrogens with two attached hydrogens (primary N) is 1. The third-order valence-corrected chi connectivity index (χ3v) is 3.26. The molecule has 0 fully saturated rings. The van der Waals surface area contributed by atoms with Crippen molar-refractivity contribution in [3.63, 3.8) is 0 Å². The van der Waals surface area contributed by atoms with E-state index in [2.05, 4.69) is 10.6 Å². The summed E-state index contributed by atoms with van der Waals surface area (Å²) < 4.78 is 5.35. The van der Waals surface area contributed by atoms with E-state index >= 15 is 0 Å². The minimum atomic E-state index is -0.780. The van der Waals surface area contributed by atoms with Gasteiger partial charge in [0, 0.05) is 20.2 Å². The Hall–Kier alpha value is -2.08. The predicted molar refractivity (Wildman–Crippen MR) is 80.6 cm³/mol. The smallest absolute Gasteiger partial charge is 0.314 e. The van der Waals surface area contributed by atoms with Crippen LogP contribution in [0, 0.1) is 5.41 Å². The van der Waals surface area contributed by atoms with Gasteiger partial charge in [0.15, 0.2) is 0 Å². The van der Waals surface area contributed by atoms with Crippen molar-refractivity contribution in [2.75, 3.05) is 20.2 Å². The molecule has 1 atom stereocenters. The van der Waals surface area contributed by atoms with E-state index in [9.17, 15) is 9.59 Å². The van der Waals surface area contributed by atoms with Crippen LogP contribution in [0.3, 0.4) is 0 Å². The highest BCUT2D eigenvalue weighted by Gasteiger charge is 2.25. The summed E-state index contributed by atoms with van der Waals surface area (Å²) >= 11 is 0. The van der Waals surface area contributed by atoms with Crippen molar-refractivity contribution in [3.8, 4) is 0 Å². The molecule has 0 aromatic heterocycles. The lowest BCUT2D eigenvalue weighted by atomic mass is 9.93. The molecule has 21 heavy (non-hydrogen) atoms. The second-order valence-corrected chi connectivity index (χ2v) is 5.45. The van der Waals surface area contributed by atoms with Crippen molar-refractivity contribution < 1.29 is 14.3 Å². The molecule has 0 bridgehead atoms. The lowest BCUT2D eigenvalue weighted by molar-refractivity contribution is -0.125. The fraction of sp³-hybridized carbons (Fsp3) is 0.467. The van der Waals surface area contributed by atoms with Crippen molar-refractivity contribution in [2.45, 2.75) is 20.0 Å². The molecule has 0 aliphatic carbocycles.